The molecule has 0 radical (unpaired) electrons. The smallest absolute Gasteiger partial charge is 0.290 e. The number of nitrogens with zero attached hydrogens (tertiary/aromatic N) is 3. The van der Waals surface area contributed by atoms with Gasteiger partial charge in [0, 0.05) is 48.7 Å². The highest BCUT2D eigenvalue weighted by atomic mass is 35.5. The summed E-state index contributed by atoms with van der Waals surface area (Å²) in [5, 5.41) is 8.54. The maximum Gasteiger partial charge on any atom is 0.290 e. The molecule has 1 atom stereocenters. The van der Waals surface area contributed by atoms with E-state index < -0.39 is 20.7 Å². The molecule has 2 fully saturated rings. The van der Waals surface area contributed by atoms with E-state index in [2.05, 4.69) is 14.6 Å². The average molecular weight is 585 g/mol. The Morgan fingerprint density at radius 1 is 1.26 bits per heavy atom. The molecule has 1 aliphatic heterocycles. The van der Waals surface area contributed by atoms with Crippen molar-refractivity contribution in [2.24, 2.45) is 0 Å². The van der Waals surface area contributed by atoms with Crippen LogP contribution in [0.2, 0.25) is 5.02 Å². The number of carbonyl (C=O) groups is 1. The number of anilines is 2. The summed E-state index contributed by atoms with van der Waals surface area (Å²) in [4.78, 5) is 15.9. The molecule has 0 spiro atoms. The summed E-state index contributed by atoms with van der Waals surface area (Å²) in [7, 11) is -2.36. The van der Waals surface area contributed by atoms with Gasteiger partial charge in [-0.05, 0) is 37.8 Å². The number of sulfonamides is 1. The van der Waals surface area contributed by atoms with Gasteiger partial charge in [0.25, 0.3) is 16.5 Å². The maximum absolute atomic E-state index is 15.0. The van der Waals surface area contributed by atoms with E-state index in [1.807, 2.05) is 24.1 Å². The molecule has 5 rings (SSSR count). The Hall–Kier alpha value is -2.80. The zero-order chi connectivity index (χ0) is 27.5. The summed E-state index contributed by atoms with van der Waals surface area (Å²) in [6.07, 6.45) is 3.65. The van der Waals surface area contributed by atoms with Crippen LogP contribution >= 0.6 is 22.9 Å². The maximum atomic E-state index is 15.0. The van der Waals surface area contributed by atoms with Crippen LogP contribution < -0.4 is 9.62 Å². The van der Waals surface area contributed by atoms with E-state index in [4.69, 9.17) is 21.5 Å². The van der Waals surface area contributed by atoms with Crippen LogP contribution in [0.25, 0.3) is 0 Å². The highest BCUT2D eigenvalue weighted by Gasteiger charge is 2.48. The van der Waals surface area contributed by atoms with E-state index >= 15 is 4.39 Å². The molecular weight excluding hydrogens is 558 g/mol. The van der Waals surface area contributed by atoms with E-state index in [0.29, 0.717) is 12.2 Å². The molecule has 0 bridgehead atoms. The Morgan fingerprint density at radius 2 is 1.97 bits per heavy atom. The minimum absolute atomic E-state index is 0.0201. The largest absolute Gasteiger partial charge is 0.483 e. The molecule has 1 saturated heterocycles. The summed E-state index contributed by atoms with van der Waals surface area (Å²) in [6, 6.07) is 9.28. The lowest BCUT2D eigenvalue weighted by atomic mass is 9.70. The summed E-state index contributed by atoms with van der Waals surface area (Å²) in [5.41, 5.74) is 2.32. The second-order valence-electron chi connectivity index (χ2n) is 9.18. The van der Waals surface area contributed by atoms with Crippen LogP contribution in [0, 0.1) is 11.6 Å². The van der Waals surface area contributed by atoms with Crippen molar-refractivity contribution in [2.45, 2.75) is 42.2 Å². The Kier molecular flexibility index (Phi) is 8.55. The van der Waals surface area contributed by atoms with Crippen molar-refractivity contribution in [1.29, 1.82) is 0 Å². The van der Waals surface area contributed by atoms with Crippen molar-refractivity contribution < 1.29 is 27.1 Å². The van der Waals surface area contributed by atoms with Gasteiger partial charge in [-0.3, -0.25) is 14.4 Å². The summed E-state index contributed by atoms with van der Waals surface area (Å²) >= 11 is 7.69. The standard InChI is InChI=1S/C24H25ClF2N4O2S2.CH2O2/c1-30(16-7-10-31(13-16)24(8-4-9-24)17-5-2-3-6-19(17)26)21-12-20(27)22(11-18(21)25)35(32,33)29-23-14-34-15-28-23;2-1-3/h2-3,5-6,11-12,14-16,29H,4,7-10,13H2,1H3;1H,(H,2,3). The lowest BCUT2D eigenvalue weighted by molar-refractivity contribution is -0.122. The quantitative estimate of drug-likeness (QED) is 0.370. The van der Waals surface area contributed by atoms with E-state index in [9.17, 15) is 12.8 Å². The van der Waals surface area contributed by atoms with Crippen molar-refractivity contribution in [3.8, 4) is 0 Å². The van der Waals surface area contributed by atoms with E-state index in [1.54, 1.807) is 6.07 Å². The predicted octanol–water partition coefficient (Wildman–Crippen LogP) is 5.17. The summed E-state index contributed by atoms with van der Waals surface area (Å²) in [5.74, 6) is -0.953. The molecule has 1 aromatic heterocycles. The van der Waals surface area contributed by atoms with Crippen LogP contribution in [-0.2, 0) is 20.4 Å². The van der Waals surface area contributed by atoms with Gasteiger partial charge in [-0.25, -0.2) is 22.2 Å². The monoisotopic (exact) mass is 584 g/mol. The second-order valence-corrected chi connectivity index (χ2v) is 12.0. The fourth-order valence-corrected chi connectivity index (χ4v) is 7.21. The number of halogens is 3. The zero-order valence-electron chi connectivity index (χ0n) is 20.5. The highest BCUT2D eigenvalue weighted by molar-refractivity contribution is 7.92. The number of nitrogens with one attached hydrogen (secondary N) is 1. The Labute approximate surface area is 228 Å². The molecule has 13 heteroatoms. The lowest BCUT2D eigenvalue weighted by Crippen LogP contribution is -2.51. The van der Waals surface area contributed by atoms with Gasteiger partial charge >= 0.3 is 0 Å². The minimum atomic E-state index is -4.18. The van der Waals surface area contributed by atoms with Crippen molar-refractivity contribution >= 4 is 50.9 Å². The van der Waals surface area contributed by atoms with Crippen LogP contribution in [0.4, 0.5) is 20.3 Å². The van der Waals surface area contributed by atoms with Gasteiger partial charge in [-0.2, -0.15) is 0 Å². The predicted molar refractivity (Wildman–Crippen MR) is 143 cm³/mol. The molecule has 1 saturated carbocycles. The molecule has 204 valence electrons. The number of thiazole rings is 1. The van der Waals surface area contributed by atoms with Crippen LogP contribution in [0.1, 0.15) is 31.2 Å². The van der Waals surface area contributed by atoms with Gasteiger partial charge in [-0.1, -0.05) is 29.8 Å². The Morgan fingerprint density at radius 3 is 2.58 bits per heavy atom. The molecule has 2 aromatic carbocycles. The fourth-order valence-electron chi connectivity index (χ4n) is 5.20. The lowest BCUT2D eigenvalue weighted by Gasteiger charge is -2.49. The number of aromatic nitrogens is 1. The van der Waals surface area contributed by atoms with Crippen molar-refractivity contribution in [3.63, 3.8) is 0 Å². The molecule has 3 aromatic rings. The molecule has 0 amide bonds. The number of likely N-dealkylation sites (N-methyl/N-ethyl adjacent to an activating group) is 1. The number of likely N-dealkylation sites (tertiary alicyclic amines) is 1. The van der Waals surface area contributed by atoms with Gasteiger partial charge < -0.3 is 10.0 Å². The minimum Gasteiger partial charge on any atom is -0.483 e. The third-order valence-electron chi connectivity index (χ3n) is 7.21. The molecular formula is C25H27ClF2N4O4S2. The number of carboxylic acid groups (broad SMARTS) is 1. The first kappa shape index (κ1) is 28.2. The summed E-state index contributed by atoms with van der Waals surface area (Å²) < 4.78 is 57.3. The first-order chi connectivity index (χ1) is 18.1. The second kappa shape index (κ2) is 11.5. The molecule has 8 nitrogen and oxygen atoms in total. The number of benzene rings is 2. The first-order valence-corrected chi connectivity index (χ1v) is 14.6. The van der Waals surface area contributed by atoms with Gasteiger partial charge in [0.15, 0.2) is 5.82 Å². The van der Waals surface area contributed by atoms with Crippen LogP contribution in [0.15, 0.2) is 52.2 Å². The SMILES string of the molecule is CN(c1cc(F)c(S(=O)(=O)Nc2cscn2)cc1Cl)C1CCN(C2(c3ccccc3F)CCC2)C1.O=CO. The third-order valence-corrected chi connectivity index (χ3v) is 9.47. The molecule has 1 unspecified atom stereocenters. The Balaban J connectivity index is 0.00000107. The molecule has 1 aliphatic carbocycles. The number of rotatable bonds is 7. The molecule has 2 aliphatic rings. The fraction of sp³-hybridized carbons (Fsp3) is 0.360. The van der Waals surface area contributed by atoms with Gasteiger partial charge in [-0.15, -0.1) is 11.3 Å². The zero-order valence-corrected chi connectivity index (χ0v) is 22.9. The van der Waals surface area contributed by atoms with Gasteiger partial charge in [0.05, 0.1) is 16.2 Å². The van der Waals surface area contributed by atoms with E-state index in [1.165, 1.54) is 28.3 Å². The summed E-state index contributed by atoms with van der Waals surface area (Å²) in [6.45, 7) is 1.21. The van der Waals surface area contributed by atoms with Crippen LogP contribution in [-0.4, -0.2) is 56.1 Å². The van der Waals surface area contributed by atoms with E-state index in [0.717, 1.165) is 49.9 Å². The Bertz CT molecular complexity index is 1390. The molecule has 38 heavy (non-hydrogen) atoms. The van der Waals surface area contributed by atoms with Gasteiger partial charge in [0.1, 0.15) is 16.5 Å². The molecule has 2 heterocycles. The van der Waals surface area contributed by atoms with Crippen molar-refractivity contribution in [1.82, 2.24) is 9.88 Å². The average Bonchev–Trinajstić information content (AvgIpc) is 3.53. The van der Waals surface area contributed by atoms with Crippen molar-refractivity contribution in [3.05, 3.63) is 69.5 Å². The third kappa shape index (κ3) is 5.49. The van der Waals surface area contributed by atoms with E-state index in [-0.39, 0.29) is 34.7 Å². The van der Waals surface area contributed by atoms with Crippen molar-refractivity contribution in [2.75, 3.05) is 29.8 Å². The normalized spacial score (nSPS) is 18.7. The highest BCUT2D eigenvalue weighted by Crippen LogP contribution is 2.49. The van der Waals surface area contributed by atoms with Crippen LogP contribution in [0.5, 0.6) is 0 Å². The molecule has 2 N–H and O–H groups in total. The number of hydrogen-bond donors (Lipinski definition) is 2. The van der Waals surface area contributed by atoms with Crippen LogP contribution in [0.3, 0.4) is 0 Å². The number of hydrogen-bond acceptors (Lipinski definition) is 7. The van der Waals surface area contributed by atoms with Gasteiger partial charge in [0.2, 0.25) is 0 Å². The topological polar surface area (TPSA) is 103 Å². The first-order valence-electron chi connectivity index (χ1n) is 11.8.